The van der Waals surface area contributed by atoms with Crippen LogP contribution in [0.25, 0.3) is 0 Å². The Labute approximate surface area is 162 Å². The minimum Gasteiger partial charge on any atom is -0.494 e. The summed E-state index contributed by atoms with van der Waals surface area (Å²) >= 11 is 0. The molecule has 1 saturated heterocycles. The van der Waals surface area contributed by atoms with Crippen molar-refractivity contribution in [1.29, 1.82) is 0 Å². The lowest BCUT2D eigenvalue weighted by Gasteiger charge is -2.36. The van der Waals surface area contributed by atoms with E-state index >= 15 is 0 Å². The van der Waals surface area contributed by atoms with Crippen LogP contribution in [-0.4, -0.2) is 49.7 Å². The van der Waals surface area contributed by atoms with Gasteiger partial charge in [-0.15, -0.1) is 0 Å². The Morgan fingerprint density at radius 3 is 2.68 bits per heavy atom. The largest absolute Gasteiger partial charge is 0.494 e. The topological polar surface area (TPSA) is 70.9 Å². The molecule has 0 saturated carbocycles. The molecule has 8 heteroatoms. The van der Waals surface area contributed by atoms with Gasteiger partial charge in [0.2, 0.25) is 0 Å². The summed E-state index contributed by atoms with van der Waals surface area (Å²) in [6.07, 6.45) is 0.803. The Bertz CT molecular complexity index is 897. The second kappa shape index (κ2) is 7.63. The van der Waals surface area contributed by atoms with Crippen molar-refractivity contribution in [2.75, 3.05) is 50.1 Å². The SMILES string of the molecule is COc1ccc(CN2CCN(c3c([N+](=O)[O-])ccc4c3CCN4)CC2)cc1F. The number of fused-ring (bicyclic) bond motifs is 1. The van der Waals surface area contributed by atoms with Gasteiger partial charge in [-0.3, -0.25) is 15.0 Å². The highest BCUT2D eigenvalue weighted by atomic mass is 19.1. The number of nitrogens with one attached hydrogen (secondary N) is 1. The van der Waals surface area contributed by atoms with Gasteiger partial charge < -0.3 is 15.0 Å². The molecule has 0 aromatic heterocycles. The molecular weight excluding hydrogens is 363 g/mol. The molecular formula is C20H23FN4O3. The number of rotatable bonds is 5. The van der Waals surface area contributed by atoms with Gasteiger partial charge >= 0.3 is 0 Å². The molecule has 2 aliphatic heterocycles. The molecule has 1 N–H and O–H groups in total. The van der Waals surface area contributed by atoms with Crippen LogP contribution in [-0.2, 0) is 13.0 Å². The molecule has 0 spiro atoms. The number of nitro groups is 1. The third kappa shape index (κ3) is 3.47. The van der Waals surface area contributed by atoms with E-state index in [1.54, 1.807) is 18.2 Å². The molecule has 0 unspecified atom stereocenters. The summed E-state index contributed by atoms with van der Waals surface area (Å²) in [6.45, 7) is 4.40. The first-order chi connectivity index (χ1) is 13.6. The van der Waals surface area contributed by atoms with Crippen molar-refractivity contribution >= 4 is 17.1 Å². The lowest BCUT2D eigenvalue weighted by atomic mass is 10.1. The summed E-state index contributed by atoms with van der Waals surface area (Å²) in [6, 6.07) is 8.42. The number of halogens is 1. The highest BCUT2D eigenvalue weighted by Gasteiger charge is 2.29. The van der Waals surface area contributed by atoms with Crippen molar-refractivity contribution in [2.24, 2.45) is 0 Å². The molecule has 0 amide bonds. The third-order valence-electron chi connectivity index (χ3n) is 5.46. The normalized spacial score (nSPS) is 16.6. The maximum Gasteiger partial charge on any atom is 0.292 e. The first-order valence-electron chi connectivity index (χ1n) is 9.40. The van der Waals surface area contributed by atoms with Crippen LogP contribution < -0.4 is 15.0 Å². The minimum atomic E-state index is -0.360. The number of nitro benzene ring substituents is 1. The zero-order chi connectivity index (χ0) is 19.7. The van der Waals surface area contributed by atoms with Crippen molar-refractivity contribution in [2.45, 2.75) is 13.0 Å². The fourth-order valence-corrected chi connectivity index (χ4v) is 4.06. The minimum absolute atomic E-state index is 0.174. The second-order valence-electron chi connectivity index (χ2n) is 7.13. The monoisotopic (exact) mass is 386 g/mol. The van der Waals surface area contributed by atoms with Crippen LogP contribution in [0.3, 0.4) is 0 Å². The van der Waals surface area contributed by atoms with Crippen molar-refractivity contribution in [3.05, 3.63) is 57.4 Å². The van der Waals surface area contributed by atoms with Crippen LogP contribution in [0.1, 0.15) is 11.1 Å². The van der Waals surface area contributed by atoms with Crippen LogP contribution >= 0.6 is 0 Å². The van der Waals surface area contributed by atoms with Crippen LogP contribution in [0.4, 0.5) is 21.5 Å². The van der Waals surface area contributed by atoms with Crippen LogP contribution in [0.15, 0.2) is 30.3 Å². The molecule has 2 aromatic carbocycles. The number of hydrogen-bond acceptors (Lipinski definition) is 6. The van der Waals surface area contributed by atoms with E-state index in [9.17, 15) is 14.5 Å². The lowest BCUT2D eigenvalue weighted by Crippen LogP contribution is -2.46. The lowest BCUT2D eigenvalue weighted by molar-refractivity contribution is -0.384. The molecule has 2 aromatic rings. The summed E-state index contributed by atoms with van der Waals surface area (Å²) in [4.78, 5) is 15.6. The number of hydrogen-bond donors (Lipinski definition) is 1. The second-order valence-corrected chi connectivity index (χ2v) is 7.13. The zero-order valence-corrected chi connectivity index (χ0v) is 15.8. The molecule has 0 bridgehead atoms. The van der Waals surface area contributed by atoms with Gasteiger partial charge in [0.15, 0.2) is 11.6 Å². The summed E-state index contributed by atoms with van der Waals surface area (Å²) in [5, 5.41) is 14.9. The van der Waals surface area contributed by atoms with Gasteiger partial charge in [-0.25, -0.2) is 4.39 Å². The molecule has 2 heterocycles. The third-order valence-corrected chi connectivity index (χ3v) is 5.46. The smallest absolute Gasteiger partial charge is 0.292 e. The van der Waals surface area contributed by atoms with Gasteiger partial charge in [-0.2, -0.15) is 0 Å². The van der Waals surface area contributed by atoms with E-state index in [-0.39, 0.29) is 22.2 Å². The molecule has 4 rings (SSSR count). The Kier molecular flexibility index (Phi) is 5.04. The van der Waals surface area contributed by atoms with Crippen molar-refractivity contribution in [3.8, 4) is 5.75 Å². The zero-order valence-electron chi connectivity index (χ0n) is 15.8. The molecule has 2 aliphatic rings. The van der Waals surface area contributed by atoms with E-state index in [0.29, 0.717) is 19.6 Å². The molecule has 1 fully saturated rings. The van der Waals surface area contributed by atoms with Crippen molar-refractivity contribution < 1.29 is 14.1 Å². The summed E-state index contributed by atoms with van der Waals surface area (Å²) in [5.41, 5.74) is 3.86. The van der Waals surface area contributed by atoms with Gasteiger partial charge in [0.05, 0.1) is 12.0 Å². The fourth-order valence-electron chi connectivity index (χ4n) is 4.06. The van der Waals surface area contributed by atoms with E-state index in [0.717, 1.165) is 48.6 Å². The summed E-state index contributed by atoms with van der Waals surface area (Å²) < 4.78 is 18.9. The Balaban J connectivity index is 1.47. The average Bonchev–Trinajstić information content (AvgIpc) is 3.17. The standard InChI is InChI=1S/C20H23FN4O3/c1-28-19-5-2-14(12-16(19)21)13-23-8-10-24(11-9-23)20-15-6-7-22-17(15)3-4-18(20)25(26)27/h2-5,12,22H,6-11,13H2,1H3. The van der Waals surface area contributed by atoms with E-state index < -0.39 is 0 Å². The maximum absolute atomic E-state index is 13.9. The van der Waals surface area contributed by atoms with Gasteiger partial charge in [-0.05, 0) is 30.2 Å². The number of ether oxygens (including phenoxy) is 1. The number of piperazine rings is 1. The Hall–Kier alpha value is -2.87. The molecule has 0 atom stereocenters. The number of anilines is 2. The van der Waals surface area contributed by atoms with Crippen molar-refractivity contribution in [1.82, 2.24) is 4.90 Å². The van der Waals surface area contributed by atoms with Gasteiger partial charge in [-0.1, -0.05) is 6.07 Å². The van der Waals surface area contributed by atoms with Crippen molar-refractivity contribution in [3.63, 3.8) is 0 Å². The van der Waals surface area contributed by atoms with Gasteiger partial charge in [0, 0.05) is 56.6 Å². The summed E-state index contributed by atoms with van der Waals surface area (Å²) in [5.74, 6) is -0.117. The first-order valence-corrected chi connectivity index (χ1v) is 9.40. The maximum atomic E-state index is 13.9. The van der Waals surface area contributed by atoms with E-state index in [4.69, 9.17) is 4.74 Å². The highest BCUT2D eigenvalue weighted by molar-refractivity contribution is 5.78. The van der Waals surface area contributed by atoms with E-state index in [2.05, 4.69) is 15.1 Å². The van der Waals surface area contributed by atoms with Crippen LogP contribution in [0.5, 0.6) is 5.75 Å². The van der Waals surface area contributed by atoms with Crippen LogP contribution in [0.2, 0.25) is 0 Å². The molecule has 0 aliphatic carbocycles. The van der Waals surface area contributed by atoms with E-state index in [1.807, 2.05) is 6.07 Å². The Morgan fingerprint density at radius 2 is 2.00 bits per heavy atom. The molecule has 0 radical (unpaired) electrons. The number of benzene rings is 2. The Morgan fingerprint density at radius 1 is 1.21 bits per heavy atom. The average molecular weight is 386 g/mol. The van der Waals surface area contributed by atoms with Gasteiger partial charge in [0.1, 0.15) is 5.69 Å². The number of nitrogens with zero attached hydrogens (tertiary/aromatic N) is 3. The number of methoxy groups -OCH3 is 1. The fraction of sp³-hybridized carbons (Fsp3) is 0.400. The predicted molar refractivity (Wildman–Crippen MR) is 106 cm³/mol. The van der Waals surface area contributed by atoms with Crippen LogP contribution in [0, 0.1) is 15.9 Å². The summed E-state index contributed by atoms with van der Waals surface area (Å²) in [7, 11) is 1.45. The first kappa shape index (κ1) is 18.5. The van der Waals surface area contributed by atoms with Gasteiger partial charge in [0.25, 0.3) is 5.69 Å². The molecule has 7 nitrogen and oxygen atoms in total. The van der Waals surface area contributed by atoms with E-state index in [1.165, 1.54) is 13.2 Å². The molecule has 28 heavy (non-hydrogen) atoms. The quantitative estimate of drug-likeness (QED) is 0.629. The molecule has 148 valence electrons. The highest BCUT2D eigenvalue weighted by Crippen LogP contribution is 2.39. The predicted octanol–water partition coefficient (Wildman–Crippen LogP) is 3.03.